The Labute approximate surface area is 111 Å². The van der Waals surface area contributed by atoms with E-state index in [9.17, 15) is 18.0 Å². The van der Waals surface area contributed by atoms with E-state index in [2.05, 4.69) is 10.1 Å². The monoisotopic (exact) mass is 286 g/mol. The van der Waals surface area contributed by atoms with Crippen molar-refractivity contribution in [2.45, 2.75) is 19.0 Å². The minimum absolute atomic E-state index is 0.0105. The van der Waals surface area contributed by atoms with Gasteiger partial charge in [-0.05, 0) is 11.6 Å². The number of alkyl halides is 3. The second kappa shape index (κ2) is 5.32. The summed E-state index contributed by atoms with van der Waals surface area (Å²) < 4.78 is 42.4. The number of rotatable bonds is 4. The lowest BCUT2D eigenvalue weighted by Crippen LogP contribution is -2.05. The molecule has 0 amide bonds. The zero-order chi connectivity index (χ0) is 14.8. The molecule has 1 aromatic heterocycles. The summed E-state index contributed by atoms with van der Waals surface area (Å²) in [7, 11) is 0. The summed E-state index contributed by atoms with van der Waals surface area (Å²) in [6, 6.07) is 4.73. The van der Waals surface area contributed by atoms with Gasteiger partial charge in [-0.25, -0.2) is 0 Å². The van der Waals surface area contributed by atoms with Gasteiger partial charge >= 0.3 is 12.1 Å². The number of aliphatic carboxylic acids is 1. The molecule has 0 aliphatic carbocycles. The first kappa shape index (κ1) is 14.0. The maximum atomic E-state index is 12.5. The molecule has 0 fully saturated rings. The van der Waals surface area contributed by atoms with E-state index in [1.165, 1.54) is 12.1 Å². The summed E-state index contributed by atoms with van der Waals surface area (Å²) in [5.74, 6) is -1.06. The number of hydrogen-bond donors (Lipinski definition) is 1. The molecule has 0 saturated heterocycles. The number of hydrogen-bond acceptors (Lipinski definition) is 4. The molecule has 0 atom stereocenters. The Morgan fingerprint density at radius 3 is 2.75 bits per heavy atom. The van der Waals surface area contributed by atoms with E-state index in [0.29, 0.717) is 5.56 Å². The molecule has 0 bridgehead atoms. The van der Waals surface area contributed by atoms with Crippen LogP contribution in [-0.4, -0.2) is 21.2 Å². The Balaban J connectivity index is 2.14. The number of aromatic nitrogens is 2. The quantitative estimate of drug-likeness (QED) is 0.933. The summed E-state index contributed by atoms with van der Waals surface area (Å²) in [5, 5.41) is 12.0. The highest BCUT2D eigenvalue weighted by Crippen LogP contribution is 2.29. The SMILES string of the molecule is O=C(O)Cc1noc(Cc2cccc(C(F)(F)F)c2)n1. The fourth-order valence-electron chi connectivity index (χ4n) is 1.60. The van der Waals surface area contributed by atoms with Crippen molar-refractivity contribution in [1.29, 1.82) is 0 Å². The van der Waals surface area contributed by atoms with Gasteiger partial charge in [0, 0.05) is 0 Å². The van der Waals surface area contributed by atoms with Crippen LogP contribution in [0.25, 0.3) is 0 Å². The molecule has 2 aromatic rings. The fourth-order valence-corrected chi connectivity index (χ4v) is 1.60. The molecular weight excluding hydrogens is 277 g/mol. The van der Waals surface area contributed by atoms with Gasteiger partial charge in [0.15, 0.2) is 5.82 Å². The topological polar surface area (TPSA) is 76.2 Å². The predicted molar refractivity (Wildman–Crippen MR) is 59.9 cm³/mol. The van der Waals surface area contributed by atoms with E-state index in [0.717, 1.165) is 12.1 Å². The van der Waals surface area contributed by atoms with Crippen LogP contribution in [-0.2, 0) is 23.8 Å². The van der Waals surface area contributed by atoms with Crippen LogP contribution in [0.1, 0.15) is 22.8 Å². The summed E-state index contributed by atoms with van der Waals surface area (Å²) in [5.41, 5.74) is -0.411. The van der Waals surface area contributed by atoms with Gasteiger partial charge in [-0.3, -0.25) is 4.79 Å². The average molecular weight is 286 g/mol. The second-order valence-corrected chi connectivity index (χ2v) is 4.05. The first-order chi connectivity index (χ1) is 9.34. The standard InChI is InChI=1S/C12H9F3N2O3/c13-12(14,15)8-3-1-2-7(4-8)5-10-16-9(17-20-10)6-11(18)19/h1-4H,5-6H2,(H,18,19). The van der Waals surface area contributed by atoms with Crippen molar-refractivity contribution in [3.05, 3.63) is 47.1 Å². The molecule has 0 spiro atoms. The van der Waals surface area contributed by atoms with Crippen LogP contribution in [0.3, 0.4) is 0 Å². The van der Waals surface area contributed by atoms with Gasteiger partial charge in [-0.2, -0.15) is 18.2 Å². The van der Waals surface area contributed by atoms with Crippen molar-refractivity contribution in [2.75, 3.05) is 0 Å². The van der Waals surface area contributed by atoms with E-state index in [-0.39, 0.29) is 18.1 Å². The van der Waals surface area contributed by atoms with Gasteiger partial charge < -0.3 is 9.63 Å². The average Bonchev–Trinajstić information content (AvgIpc) is 2.75. The van der Waals surface area contributed by atoms with Crippen molar-refractivity contribution >= 4 is 5.97 Å². The highest BCUT2D eigenvalue weighted by Gasteiger charge is 2.30. The van der Waals surface area contributed by atoms with Gasteiger partial charge in [0.05, 0.1) is 12.0 Å². The van der Waals surface area contributed by atoms with Crippen LogP contribution in [0, 0.1) is 0 Å². The zero-order valence-corrected chi connectivity index (χ0v) is 10.0. The van der Waals surface area contributed by atoms with Crippen LogP contribution in [0.15, 0.2) is 28.8 Å². The number of halogens is 3. The van der Waals surface area contributed by atoms with E-state index in [1.807, 2.05) is 0 Å². The van der Waals surface area contributed by atoms with Gasteiger partial charge in [-0.1, -0.05) is 23.4 Å². The highest BCUT2D eigenvalue weighted by molar-refractivity contribution is 5.68. The molecule has 0 radical (unpaired) electrons. The van der Waals surface area contributed by atoms with Crippen LogP contribution >= 0.6 is 0 Å². The maximum Gasteiger partial charge on any atom is 0.416 e. The lowest BCUT2D eigenvalue weighted by Gasteiger charge is -2.07. The van der Waals surface area contributed by atoms with Crippen LogP contribution in [0.4, 0.5) is 13.2 Å². The smallest absolute Gasteiger partial charge is 0.416 e. The van der Waals surface area contributed by atoms with Crippen molar-refractivity contribution < 1.29 is 27.6 Å². The largest absolute Gasteiger partial charge is 0.481 e. The number of nitrogens with zero attached hydrogens (tertiary/aromatic N) is 2. The van der Waals surface area contributed by atoms with Crippen molar-refractivity contribution in [1.82, 2.24) is 10.1 Å². The molecule has 0 aliphatic rings. The Kier molecular flexibility index (Phi) is 3.73. The van der Waals surface area contributed by atoms with Gasteiger partial charge in [0.1, 0.15) is 6.42 Å². The highest BCUT2D eigenvalue weighted by atomic mass is 19.4. The van der Waals surface area contributed by atoms with Crippen LogP contribution in [0.5, 0.6) is 0 Å². The number of carboxylic acid groups (broad SMARTS) is 1. The number of carboxylic acids is 1. The molecule has 1 aromatic carbocycles. The minimum Gasteiger partial charge on any atom is -0.481 e. The number of benzene rings is 1. The molecule has 106 valence electrons. The molecule has 2 rings (SSSR count). The van der Waals surface area contributed by atoms with Crippen LogP contribution in [0.2, 0.25) is 0 Å². The predicted octanol–water partition coefficient (Wildman–Crippen LogP) is 2.31. The summed E-state index contributed by atoms with van der Waals surface area (Å²) in [6.45, 7) is 0. The molecule has 8 heteroatoms. The Bertz CT molecular complexity index is 622. The van der Waals surface area contributed by atoms with E-state index in [1.54, 1.807) is 0 Å². The molecule has 1 heterocycles. The van der Waals surface area contributed by atoms with Gasteiger partial charge in [0.2, 0.25) is 5.89 Å². The van der Waals surface area contributed by atoms with Crippen molar-refractivity contribution in [2.24, 2.45) is 0 Å². The maximum absolute atomic E-state index is 12.5. The summed E-state index contributed by atoms with van der Waals surface area (Å²) >= 11 is 0. The van der Waals surface area contributed by atoms with Gasteiger partial charge in [0.25, 0.3) is 0 Å². The third kappa shape index (κ3) is 3.56. The normalized spacial score (nSPS) is 11.6. The minimum atomic E-state index is -4.42. The molecular formula is C12H9F3N2O3. The van der Waals surface area contributed by atoms with Crippen molar-refractivity contribution in [3.63, 3.8) is 0 Å². The Morgan fingerprint density at radius 1 is 1.35 bits per heavy atom. The third-order valence-corrected chi connectivity index (χ3v) is 2.43. The number of carbonyl (C=O) groups is 1. The molecule has 5 nitrogen and oxygen atoms in total. The van der Waals surface area contributed by atoms with Gasteiger partial charge in [-0.15, -0.1) is 0 Å². The van der Waals surface area contributed by atoms with Crippen molar-refractivity contribution in [3.8, 4) is 0 Å². The first-order valence-corrected chi connectivity index (χ1v) is 5.54. The van der Waals surface area contributed by atoms with E-state index >= 15 is 0 Å². The molecule has 1 N–H and O–H groups in total. The van der Waals surface area contributed by atoms with Crippen LogP contribution < -0.4 is 0 Å². The molecule has 0 aliphatic heterocycles. The lowest BCUT2D eigenvalue weighted by atomic mass is 10.1. The molecule has 0 saturated carbocycles. The summed E-state index contributed by atoms with van der Waals surface area (Å²) in [4.78, 5) is 14.2. The second-order valence-electron chi connectivity index (χ2n) is 4.05. The van der Waals surface area contributed by atoms with E-state index < -0.39 is 24.1 Å². The lowest BCUT2D eigenvalue weighted by molar-refractivity contribution is -0.138. The Morgan fingerprint density at radius 2 is 2.10 bits per heavy atom. The van der Waals surface area contributed by atoms with E-state index in [4.69, 9.17) is 9.63 Å². The summed E-state index contributed by atoms with van der Waals surface area (Å²) in [6.07, 6.45) is -4.80. The first-order valence-electron chi connectivity index (χ1n) is 5.54. The molecule has 0 unspecified atom stereocenters. The molecule has 20 heavy (non-hydrogen) atoms. The fraction of sp³-hybridized carbons (Fsp3) is 0.250. The third-order valence-electron chi connectivity index (χ3n) is 2.43. The zero-order valence-electron chi connectivity index (χ0n) is 10.0. The Hall–Kier alpha value is -2.38.